The molecule has 1 aliphatic rings. The number of benzene rings is 9. The fraction of sp³-hybridized carbons (Fsp3) is 0.0333. The van der Waals surface area contributed by atoms with E-state index < -0.39 is 0 Å². The van der Waals surface area contributed by atoms with Gasteiger partial charge in [-0.1, -0.05) is 194 Å². The Morgan fingerprint density at radius 3 is 1.06 bits per heavy atom. The standard InChI is InChI=1S/C60H46N2/c1-5-15-45(16-6-1)49-29-37-55(38-30-49)61(56-39-31-50(32-40-56)46-17-7-2-8-18-46)57-41-33-52(34-42-57)48-25-27-53(28-26-48)59-23-13-14-24-60(59)62(54-21-11-4-12-22-54)58-43-35-51(36-44-58)47-19-9-3-10-20-47/h1-31,33-39,41-44H,32,40H2. The zero-order valence-electron chi connectivity index (χ0n) is 34.6. The van der Waals surface area contributed by atoms with E-state index >= 15 is 0 Å². The number of hydrogen-bond donors (Lipinski definition) is 0. The summed E-state index contributed by atoms with van der Waals surface area (Å²) in [6.45, 7) is 0. The number of anilines is 5. The molecule has 10 rings (SSSR count). The van der Waals surface area contributed by atoms with E-state index in [0.29, 0.717) is 0 Å². The van der Waals surface area contributed by atoms with E-state index in [-0.39, 0.29) is 0 Å². The van der Waals surface area contributed by atoms with Gasteiger partial charge in [0.25, 0.3) is 0 Å². The number of rotatable bonds is 11. The van der Waals surface area contributed by atoms with Crippen LogP contribution >= 0.6 is 0 Å². The van der Waals surface area contributed by atoms with E-state index in [1.165, 1.54) is 61.3 Å². The number of hydrogen-bond acceptors (Lipinski definition) is 2. The molecule has 0 fully saturated rings. The first kappa shape index (κ1) is 38.3. The Balaban J connectivity index is 0.949. The first-order chi connectivity index (χ1) is 30.7. The van der Waals surface area contributed by atoms with Gasteiger partial charge in [0.15, 0.2) is 0 Å². The van der Waals surface area contributed by atoms with Crippen LogP contribution in [0, 0.1) is 0 Å². The summed E-state index contributed by atoms with van der Waals surface area (Å²) in [5.74, 6) is 0. The third kappa shape index (κ3) is 8.15. The lowest BCUT2D eigenvalue weighted by Gasteiger charge is -2.30. The summed E-state index contributed by atoms with van der Waals surface area (Å²) in [6, 6.07) is 87.2. The van der Waals surface area contributed by atoms with Gasteiger partial charge in [-0.05, 0) is 124 Å². The van der Waals surface area contributed by atoms with Crippen LogP contribution in [0.15, 0.2) is 261 Å². The summed E-state index contributed by atoms with van der Waals surface area (Å²) in [5, 5.41) is 0. The van der Waals surface area contributed by atoms with Crippen LogP contribution in [0.25, 0.3) is 50.1 Å². The molecular formula is C60H46N2. The molecule has 0 heterocycles. The lowest BCUT2D eigenvalue weighted by molar-refractivity contribution is 0.930. The van der Waals surface area contributed by atoms with Crippen molar-refractivity contribution >= 4 is 34.0 Å². The van der Waals surface area contributed by atoms with E-state index in [0.717, 1.165) is 41.3 Å². The van der Waals surface area contributed by atoms with Gasteiger partial charge >= 0.3 is 0 Å². The van der Waals surface area contributed by atoms with Crippen LogP contribution in [-0.2, 0) is 0 Å². The van der Waals surface area contributed by atoms with Gasteiger partial charge in [0.05, 0.1) is 5.69 Å². The summed E-state index contributed by atoms with van der Waals surface area (Å²) in [5.41, 5.74) is 19.1. The fourth-order valence-corrected chi connectivity index (χ4v) is 8.62. The largest absolute Gasteiger partial charge is 0.314 e. The summed E-state index contributed by atoms with van der Waals surface area (Å²) in [6.07, 6.45) is 6.55. The highest BCUT2D eigenvalue weighted by molar-refractivity contribution is 5.89. The average Bonchev–Trinajstić information content (AvgIpc) is 3.36. The SMILES string of the molecule is C1=C(c2ccccc2)CCC(N(c2ccc(-c3ccccc3)cc2)c2ccc(-c3ccc(-c4ccccc4N(c4ccccc4)c4ccc(-c5ccccc5)cc4)cc3)cc2)=C1. The molecule has 0 saturated carbocycles. The minimum absolute atomic E-state index is 0.951. The highest BCUT2D eigenvalue weighted by Gasteiger charge is 2.20. The van der Waals surface area contributed by atoms with Crippen LogP contribution in [0.3, 0.4) is 0 Å². The highest BCUT2D eigenvalue weighted by atomic mass is 15.2. The molecule has 0 amide bonds. The van der Waals surface area contributed by atoms with E-state index in [4.69, 9.17) is 0 Å². The van der Waals surface area contributed by atoms with Crippen molar-refractivity contribution in [1.29, 1.82) is 0 Å². The zero-order chi connectivity index (χ0) is 41.5. The van der Waals surface area contributed by atoms with E-state index in [9.17, 15) is 0 Å². The minimum Gasteiger partial charge on any atom is -0.314 e. The molecule has 0 unspecified atom stereocenters. The monoisotopic (exact) mass is 794 g/mol. The Morgan fingerprint density at radius 2 is 0.597 bits per heavy atom. The molecule has 296 valence electrons. The lowest BCUT2D eigenvalue weighted by atomic mass is 9.94. The molecule has 9 aromatic carbocycles. The van der Waals surface area contributed by atoms with Crippen LogP contribution in [-0.4, -0.2) is 0 Å². The summed E-state index contributed by atoms with van der Waals surface area (Å²) in [4.78, 5) is 4.78. The smallest absolute Gasteiger partial charge is 0.0540 e. The Hall–Kier alpha value is -7.94. The van der Waals surface area contributed by atoms with E-state index in [1.807, 2.05) is 0 Å². The normalized spacial score (nSPS) is 12.3. The van der Waals surface area contributed by atoms with Gasteiger partial charge in [-0.2, -0.15) is 0 Å². The van der Waals surface area contributed by atoms with Crippen molar-refractivity contribution in [2.75, 3.05) is 9.80 Å². The zero-order valence-corrected chi connectivity index (χ0v) is 34.6. The van der Waals surface area contributed by atoms with Crippen molar-refractivity contribution in [3.63, 3.8) is 0 Å². The van der Waals surface area contributed by atoms with Gasteiger partial charge in [-0.25, -0.2) is 0 Å². The molecule has 1 aliphatic carbocycles. The van der Waals surface area contributed by atoms with Crippen molar-refractivity contribution in [3.8, 4) is 44.5 Å². The molecule has 62 heavy (non-hydrogen) atoms. The van der Waals surface area contributed by atoms with Crippen LogP contribution in [0.1, 0.15) is 18.4 Å². The molecule has 0 spiro atoms. The van der Waals surface area contributed by atoms with Crippen molar-refractivity contribution in [1.82, 2.24) is 0 Å². The lowest BCUT2D eigenvalue weighted by Crippen LogP contribution is -2.17. The van der Waals surface area contributed by atoms with Gasteiger partial charge in [0.2, 0.25) is 0 Å². The van der Waals surface area contributed by atoms with Gasteiger partial charge in [-0.3, -0.25) is 0 Å². The first-order valence-electron chi connectivity index (χ1n) is 21.5. The maximum atomic E-state index is 2.42. The minimum atomic E-state index is 0.951. The average molecular weight is 795 g/mol. The van der Waals surface area contributed by atoms with Gasteiger partial charge in [-0.15, -0.1) is 0 Å². The van der Waals surface area contributed by atoms with Crippen molar-refractivity contribution in [3.05, 3.63) is 266 Å². The van der Waals surface area contributed by atoms with Crippen molar-refractivity contribution in [2.45, 2.75) is 12.8 Å². The quantitative estimate of drug-likeness (QED) is 0.129. The molecule has 0 aliphatic heterocycles. The van der Waals surface area contributed by atoms with E-state index in [1.54, 1.807) is 0 Å². The van der Waals surface area contributed by atoms with Crippen molar-refractivity contribution < 1.29 is 0 Å². The van der Waals surface area contributed by atoms with Crippen molar-refractivity contribution in [2.24, 2.45) is 0 Å². The molecule has 0 atom stereocenters. The molecule has 0 aromatic heterocycles. The first-order valence-corrected chi connectivity index (χ1v) is 21.5. The second-order valence-corrected chi connectivity index (χ2v) is 15.7. The molecule has 0 bridgehead atoms. The van der Waals surface area contributed by atoms with Crippen LogP contribution < -0.4 is 9.80 Å². The molecule has 0 N–H and O–H groups in total. The predicted octanol–water partition coefficient (Wildman–Crippen LogP) is 16.7. The predicted molar refractivity (Wildman–Crippen MR) is 263 cm³/mol. The number of para-hydroxylation sites is 2. The number of allylic oxidation sites excluding steroid dienone is 4. The third-order valence-electron chi connectivity index (χ3n) is 11.8. The molecule has 0 radical (unpaired) electrons. The molecule has 2 heteroatoms. The second kappa shape index (κ2) is 17.7. The Bertz CT molecular complexity index is 2940. The third-order valence-corrected chi connectivity index (χ3v) is 11.8. The van der Waals surface area contributed by atoms with Crippen LogP contribution in [0.4, 0.5) is 28.4 Å². The Kier molecular flexibility index (Phi) is 10.9. The Labute approximate surface area is 365 Å². The fourth-order valence-electron chi connectivity index (χ4n) is 8.62. The van der Waals surface area contributed by atoms with Gasteiger partial charge in [0.1, 0.15) is 0 Å². The maximum Gasteiger partial charge on any atom is 0.0540 e. The summed E-state index contributed by atoms with van der Waals surface area (Å²) < 4.78 is 0. The highest BCUT2D eigenvalue weighted by Crippen LogP contribution is 2.42. The maximum absolute atomic E-state index is 2.42. The van der Waals surface area contributed by atoms with Crippen LogP contribution in [0.2, 0.25) is 0 Å². The molecule has 0 saturated heterocycles. The number of nitrogens with zero attached hydrogens (tertiary/aromatic N) is 2. The Morgan fingerprint density at radius 1 is 0.242 bits per heavy atom. The summed E-state index contributed by atoms with van der Waals surface area (Å²) in [7, 11) is 0. The van der Waals surface area contributed by atoms with Crippen LogP contribution in [0.5, 0.6) is 0 Å². The molecule has 2 nitrogen and oxygen atoms in total. The molecule has 9 aromatic rings. The second-order valence-electron chi connectivity index (χ2n) is 15.7. The molecular weight excluding hydrogens is 749 g/mol. The topological polar surface area (TPSA) is 6.48 Å². The summed E-state index contributed by atoms with van der Waals surface area (Å²) >= 11 is 0. The van der Waals surface area contributed by atoms with Gasteiger partial charge < -0.3 is 9.80 Å². The van der Waals surface area contributed by atoms with Gasteiger partial charge in [0, 0.05) is 34.0 Å². The van der Waals surface area contributed by atoms with E-state index in [2.05, 4.69) is 265 Å².